The van der Waals surface area contributed by atoms with E-state index in [4.69, 9.17) is 0 Å². The van der Waals surface area contributed by atoms with Crippen molar-refractivity contribution in [3.63, 3.8) is 0 Å². The Kier molecular flexibility index (Phi) is 4.52. The molecule has 2 aromatic carbocycles. The highest BCUT2D eigenvalue weighted by molar-refractivity contribution is 7.99. The van der Waals surface area contributed by atoms with Gasteiger partial charge in [-0.05, 0) is 11.5 Å². The minimum Gasteiger partial charge on any atom is -0.493 e. The van der Waals surface area contributed by atoms with Gasteiger partial charge in [0.15, 0.2) is 5.16 Å². The Labute approximate surface area is 142 Å². The smallest absolute Gasteiger partial charge is 0.257 e. The van der Waals surface area contributed by atoms with Crippen molar-refractivity contribution in [2.45, 2.75) is 5.16 Å². The highest BCUT2D eigenvalue weighted by Gasteiger charge is 2.10. The molecule has 6 nitrogen and oxygen atoms in total. The number of fused-ring (bicyclic) bond motifs is 1. The summed E-state index contributed by atoms with van der Waals surface area (Å²) in [4.78, 5) is 27.7. The number of carbonyl (C=O) groups is 1. The molecule has 24 heavy (non-hydrogen) atoms. The van der Waals surface area contributed by atoms with Crippen molar-refractivity contribution >= 4 is 34.1 Å². The molecule has 0 spiro atoms. The van der Waals surface area contributed by atoms with Crippen molar-refractivity contribution in [1.82, 2.24) is 9.55 Å². The molecule has 0 fully saturated rings. The third-order valence-electron chi connectivity index (χ3n) is 3.48. The summed E-state index contributed by atoms with van der Waals surface area (Å²) in [6.45, 7) is 0. The number of nitrogens with one attached hydrogen (secondary N) is 1. The lowest BCUT2D eigenvalue weighted by Crippen LogP contribution is -2.20. The number of aromatic hydroxyl groups is 1. The zero-order valence-electron chi connectivity index (χ0n) is 12.9. The lowest BCUT2D eigenvalue weighted by Gasteiger charge is -2.09. The van der Waals surface area contributed by atoms with Crippen LogP contribution in [0.25, 0.3) is 10.8 Å². The van der Waals surface area contributed by atoms with Crippen LogP contribution in [0.15, 0.2) is 58.5 Å². The van der Waals surface area contributed by atoms with Crippen LogP contribution < -0.4 is 10.9 Å². The molecule has 0 saturated heterocycles. The molecule has 0 aliphatic rings. The molecule has 0 bridgehead atoms. The Morgan fingerprint density at radius 1 is 1.25 bits per heavy atom. The number of thioether (sulfide) groups is 1. The first-order chi connectivity index (χ1) is 11.5. The number of nitrogens with zero attached hydrogens (tertiary/aromatic N) is 2. The molecule has 1 aromatic heterocycles. The highest BCUT2D eigenvalue weighted by atomic mass is 32.2. The first-order valence-electron chi connectivity index (χ1n) is 7.22. The summed E-state index contributed by atoms with van der Waals surface area (Å²) in [6, 6.07) is 14.5. The number of hydrogen-bond donors (Lipinski definition) is 2. The predicted octanol–water partition coefficient (Wildman–Crippen LogP) is 2.37. The molecule has 3 aromatic rings. The molecular weight excluding hydrogens is 326 g/mol. The van der Waals surface area contributed by atoms with E-state index in [0.717, 1.165) is 34.3 Å². The highest BCUT2D eigenvalue weighted by Crippen LogP contribution is 2.23. The Morgan fingerprint density at radius 2 is 2.00 bits per heavy atom. The monoisotopic (exact) mass is 341 g/mol. The molecule has 0 atom stereocenters. The fourth-order valence-electron chi connectivity index (χ4n) is 2.29. The van der Waals surface area contributed by atoms with E-state index in [1.54, 1.807) is 7.05 Å². The standard InChI is InChI=1S/C17H15N3O3S/c1-20-16(23)9-14(21)19-17(20)24-10-15(22)18-13-8-4-6-11-5-2-3-7-12(11)13/h2-9,21H,10H2,1H3,(H,18,22). The van der Waals surface area contributed by atoms with Crippen LogP contribution in [0.4, 0.5) is 5.69 Å². The van der Waals surface area contributed by atoms with Gasteiger partial charge in [-0.3, -0.25) is 14.2 Å². The molecule has 1 amide bonds. The third-order valence-corrected chi connectivity index (χ3v) is 4.51. The summed E-state index contributed by atoms with van der Waals surface area (Å²) in [7, 11) is 1.54. The first-order valence-corrected chi connectivity index (χ1v) is 8.20. The van der Waals surface area contributed by atoms with Gasteiger partial charge < -0.3 is 10.4 Å². The van der Waals surface area contributed by atoms with E-state index in [1.807, 2.05) is 42.5 Å². The van der Waals surface area contributed by atoms with Crippen LogP contribution in [-0.2, 0) is 11.8 Å². The molecular formula is C17H15N3O3S. The number of carbonyl (C=O) groups excluding carboxylic acids is 1. The van der Waals surface area contributed by atoms with Gasteiger partial charge in [0.25, 0.3) is 5.56 Å². The zero-order valence-corrected chi connectivity index (χ0v) is 13.7. The Bertz CT molecular complexity index is 963. The number of aromatic nitrogens is 2. The molecule has 0 radical (unpaired) electrons. The van der Waals surface area contributed by atoms with Crippen molar-refractivity contribution in [3.8, 4) is 5.88 Å². The maximum absolute atomic E-state index is 12.2. The van der Waals surface area contributed by atoms with E-state index in [0.29, 0.717) is 0 Å². The molecule has 3 rings (SSSR count). The van der Waals surface area contributed by atoms with E-state index < -0.39 is 0 Å². The van der Waals surface area contributed by atoms with Crippen molar-refractivity contribution < 1.29 is 9.90 Å². The summed E-state index contributed by atoms with van der Waals surface area (Å²) >= 11 is 1.09. The third kappa shape index (κ3) is 3.41. The molecule has 0 unspecified atom stereocenters. The Balaban J connectivity index is 1.73. The SMILES string of the molecule is Cn1c(SCC(=O)Nc2cccc3ccccc23)nc(O)cc1=O. The molecule has 122 valence electrons. The van der Waals surface area contributed by atoms with Gasteiger partial charge in [-0.2, -0.15) is 4.98 Å². The quantitative estimate of drug-likeness (QED) is 0.562. The van der Waals surface area contributed by atoms with E-state index in [9.17, 15) is 14.7 Å². The van der Waals surface area contributed by atoms with Crippen LogP contribution in [-0.4, -0.2) is 26.3 Å². The van der Waals surface area contributed by atoms with E-state index in [2.05, 4.69) is 10.3 Å². The van der Waals surface area contributed by atoms with Crippen LogP contribution in [0.5, 0.6) is 5.88 Å². The van der Waals surface area contributed by atoms with Gasteiger partial charge in [-0.15, -0.1) is 0 Å². The average molecular weight is 341 g/mol. The Morgan fingerprint density at radius 3 is 2.83 bits per heavy atom. The predicted molar refractivity (Wildman–Crippen MR) is 94.4 cm³/mol. The van der Waals surface area contributed by atoms with Crippen molar-refractivity contribution in [2.75, 3.05) is 11.1 Å². The second kappa shape index (κ2) is 6.76. The fourth-order valence-corrected chi connectivity index (χ4v) is 3.06. The number of benzene rings is 2. The van der Waals surface area contributed by atoms with Gasteiger partial charge in [0, 0.05) is 18.1 Å². The summed E-state index contributed by atoms with van der Waals surface area (Å²) < 4.78 is 1.29. The minimum atomic E-state index is -0.375. The maximum atomic E-state index is 12.2. The molecule has 0 aliphatic carbocycles. The molecule has 0 aliphatic heterocycles. The molecule has 2 N–H and O–H groups in total. The van der Waals surface area contributed by atoms with Gasteiger partial charge in [-0.25, -0.2) is 0 Å². The number of rotatable bonds is 4. The number of hydrogen-bond acceptors (Lipinski definition) is 5. The van der Waals surface area contributed by atoms with E-state index in [-0.39, 0.29) is 28.3 Å². The second-order valence-corrected chi connectivity index (χ2v) is 6.10. The van der Waals surface area contributed by atoms with Crippen LogP contribution in [0, 0.1) is 0 Å². The van der Waals surface area contributed by atoms with Crippen LogP contribution >= 0.6 is 11.8 Å². The maximum Gasteiger partial charge on any atom is 0.257 e. The fraction of sp³-hybridized carbons (Fsp3) is 0.118. The average Bonchev–Trinajstić information content (AvgIpc) is 2.57. The number of amides is 1. The summed E-state index contributed by atoms with van der Waals surface area (Å²) in [6.07, 6.45) is 0. The van der Waals surface area contributed by atoms with Crippen molar-refractivity contribution in [3.05, 3.63) is 58.9 Å². The minimum absolute atomic E-state index is 0.0763. The van der Waals surface area contributed by atoms with Gasteiger partial charge in [-0.1, -0.05) is 48.2 Å². The summed E-state index contributed by atoms with van der Waals surface area (Å²) in [5.74, 6) is -0.489. The van der Waals surface area contributed by atoms with Gasteiger partial charge in [0.2, 0.25) is 11.8 Å². The first kappa shape index (κ1) is 16.1. The van der Waals surface area contributed by atoms with Gasteiger partial charge in [0.05, 0.1) is 11.8 Å². The van der Waals surface area contributed by atoms with E-state index >= 15 is 0 Å². The second-order valence-electron chi connectivity index (χ2n) is 5.16. The topological polar surface area (TPSA) is 84.2 Å². The van der Waals surface area contributed by atoms with Gasteiger partial charge in [0.1, 0.15) is 0 Å². The van der Waals surface area contributed by atoms with Crippen LogP contribution in [0.2, 0.25) is 0 Å². The zero-order chi connectivity index (χ0) is 17.1. The Hall–Kier alpha value is -2.80. The largest absolute Gasteiger partial charge is 0.493 e. The van der Waals surface area contributed by atoms with Crippen LogP contribution in [0.3, 0.4) is 0 Å². The van der Waals surface area contributed by atoms with Crippen molar-refractivity contribution in [2.24, 2.45) is 7.05 Å². The normalized spacial score (nSPS) is 10.7. The summed E-state index contributed by atoms with van der Waals surface area (Å²) in [5.41, 5.74) is 0.357. The number of anilines is 1. The lowest BCUT2D eigenvalue weighted by molar-refractivity contribution is -0.113. The van der Waals surface area contributed by atoms with Crippen LogP contribution in [0.1, 0.15) is 0 Å². The van der Waals surface area contributed by atoms with Gasteiger partial charge >= 0.3 is 0 Å². The van der Waals surface area contributed by atoms with E-state index in [1.165, 1.54) is 4.57 Å². The molecule has 7 heteroatoms. The molecule has 1 heterocycles. The summed E-state index contributed by atoms with van der Waals surface area (Å²) in [5, 5.41) is 14.6. The molecule has 0 saturated carbocycles. The van der Waals surface area contributed by atoms with Crippen molar-refractivity contribution in [1.29, 1.82) is 0 Å². The lowest BCUT2D eigenvalue weighted by atomic mass is 10.1.